The third kappa shape index (κ3) is 5.53. The average molecular weight is 530 g/mol. The number of aryl methyl sites for hydroxylation is 1. The topological polar surface area (TPSA) is 57.2 Å². The van der Waals surface area contributed by atoms with E-state index in [2.05, 4.69) is 57.2 Å². The Hall–Kier alpha value is -1.67. The summed E-state index contributed by atoms with van der Waals surface area (Å²) in [5.41, 5.74) is 1.38. The summed E-state index contributed by atoms with van der Waals surface area (Å²) < 4.78 is 135. The lowest BCUT2D eigenvalue weighted by molar-refractivity contribution is -0.382. The van der Waals surface area contributed by atoms with Gasteiger partial charge in [-0.1, -0.05) is 24.3 Å². The van der Waals surface area contributed by atoms with E-state index in [1.54, 1.807) is 4.90 Å². The van der Waals surface area contributed by atoms with E-state index in [0.29, 0.717) is 10.9 Å². The molecule has 2 aromatic carbocycles. The van der Waals surface area contributed by atoms with Crippen molar-refractivity contribution in [2.24, 2.45) is 0 Å². The van der Waals surface area contributed by atoms with Gasteiger partial charge in [0, 0.05) is 16.3 Å². The highest BCUT2D eigenvalue weighted by Gasteiger charge is 2.83. The molecule has 2 aromatic rings. The monoisotopic (exact) mass is 530 g/mol. The van der Waals surface area contributed by atoms with Gasteiger partial charge in [-0.3, -0.25) is 0 Å². The van der Waals surface area contributed by atoms with E-state index < -0.39 is 33.4 Å². The summed E-state index contributed by atoms with van der Waals surface area (Å²) in [6.07, 6.45) is -7.16. The maximum absolute atomic E-state index is 12.2. The maximum atomic E-state index is 12.2. The van der Waals surface area contributed by atoms with Gasteiger partial charge in [0.25, 0.3) is 0 Å². The minimum atomic E-state index is -7.43. The number of alkyl halides is 9. The van der Waals surface area contributed by atoms with Crippen molar-refractivity contribution in [1.29, 1.82) is 0 Å². The van der Waals surface area contributed by atoms with Gasteiger partial charge in [-0.2, -0.15) is 39.5 Å². The molecule has 0 spiro atoms. The van der Waals surface area contributed by atoms with E-state index in [-0.39, 0.29) is 0 Å². The second kappa shape index (κ2) is 9.90. The van der Waals surface area contributed by atoms with Gasteiger partial charge in [-0.05, 0) is 43.9 Å². The number of hydrogen-bond acceptors (Lipinski definition) is 3. The second-order valence-corrected chi connectivity index (χ2v) is 10.6. The Labute approximate surface area is 187 Å². The van der Waals surface area contributed by atoms with Crippen LogP contribution < -0.4 is 0 Å². The lowest BCUT2D eigenvalue weighted by Crippen LogP contribution is -2.63. The smallest absolute Gasteiger partial charge is 0.460 e. The normalized spacial score (nSPS) is 13.8. The fourth-order valence-corrected chi connectivity index (χ4v) is 4.93. The van der Waals surface area contributed by atoms with E-state index in [1.807, 2.05) is 0 Å². The molecule has 0 aliphatic carbocycles. The Morgan fingerprint density at radius 1 is 0.788 bits per heavy atom. The van der Waals surface area contributed by atoms with Crippen LogP contribution in [0, 0.1) is 6.92 Å². The zero-order valence-electron chi connectivity index (χ0n) is 17.3. The molecule has 0 aliphatic heterocycles. The van der Waals surface area contributed by atoms with Gasteiger partial charge in [0.15, 0.2) is 15.0 Å². The van der Waals surface area contributed by atoms with Gasteiger partial charge in [-0.15, -0.1) is 0 Å². The summed E-state index contributed by atoms with van der Waals surface area (Å²) in [6, 6.07) is 13.4. The SMILES string of the molecule is CC[S+](CC)c1ccc(C)c2ccccc12.O=S(=O)([O-])C(F)(F)C(F)(F)C(F)(F)C(F)(F)F. The number of hydrogen-bond donors (Lipinski definition) is 0. The van der Waals surface area contributed by atoms with Crippen molar-refractivity contribution in [3.8, 4) is 0 Å². The molecule has 0 unspecified atom stereocenters. The molecular weight excluding hydrogens is 511 g/mol. The zero-order chi connectivity index (χ0) is 26.0. The van der Waals surface area contributed by atoms with Gasteiger partial charge in [0.2, 0.25) is 0 Å². The predicted octanol–water partition coefficient (Wildman–Crippen LogP) is 6.12. The van der Waals surface area contributed by atoms with Gasteiger partial charge < -0.3 is 4.55 Å². The van der Waals surface area contributed by atoms with E-state index in [1.165, 1.54) is 27.8 Å². The summed E-state index contributed by atoms with van der Waals surface area (Å²) in [4.78, 5) is 1.55. The average Bonchev–Trinajstić information content (AvgIpc) is 2.69. The highest BCUT2D eigenvalue weighted by atomic mass is 32.2. The minimum Gasteiger partial charge on any atom is -0.743 e. The van der Waals surface area contributed by atoms with Crippen LogP contribution in [0.4, 0.5) is 39.5 Å². The van der Waals surface area contributed by atoms with E-state index in [4.69, 9.17) is 0 Å². The van der Waals surface area contributed by atoms with Crippen molar-refractivity contribution in [3.05, 3.63) is 42.0 Å². The van der Waals surface area contributed by atoms with Crippen LogP contribution in [0.2, 0.25) is 0 Å². The molecule has 2 rings (SSSR count). The van der Waals surface area contributed by atoms with Crippen LogP contribution >= 0.6 is 0 Å². The fourth-order valence-electron chi connectivity index (χ4n) is 2.71. The minimum absolute atomic E-state index is 0.415. The van der Waals surface area contributed by atoms with Gasteiger partial charge >= 0.3 is 23.3 Å². The lowest BCUT2D eigenvalue weighted by atomic mass is 10.1. The third-order valence-corrected chi connectivity index (χ3v) is 7.80. The Kier molecular flexibility index (Phi) is 8.81. The first-order valence-corrected chi connectivity index (χ1v) is 12.1. The molecule has 0 radical (unpaired) electrons. The summed E-state index contributed by atoms with van der Waals surface area (Å²) in [7, 11) is -7.00. The molecule has 0 atom stereocenters. The van der Waals surface area contributed by atoms with Crippen molar-refractivity contribution in [2.45, 2.75) is 48.9 Å². The van der Waals surface area contributed by atoms with Crippen LogP contribution in [0.25, 0.3) is 10.8 Å². The summed E-state index contributed by atoms with van der Waals surface area (Å²) in [6.45, 7) is 6.78. The quantitative estimate of drug-likeness (QED) is 0.257. The number of rotatable bonds is 6. The number of benzene rings is 2. The maximum Gasteiger partial charge on any atom is 0.460 e. The molecule has 14 heteroatoms. The van der Waals surface area contributed by atoms with Gasteiger partial charge in [0.1, 0.15) is 11.5 Å². The van der Waals surface area contributed by atoms with Crippen LogP contribution in [0.3, 0.4) is 0 Å². The van der Waals surface area contributed by atoms with E-state index in [9.17, 15) is 52.5 Å². The molecule has 0 fully saturated rings. The Bertz CT molecular complexity index is 1060. The molecular formula is C19H19F9O3S2. The first-order chi connectivity index (χ1) is 14.8. The number of halogens is 9. The first-order valence-electron chi connectivity index (χ1n) is 9.09. The molecule has 0 bridgehead atoms. The molecule has 0 saturated heterocycles. The summed E-state index contributed by atoms with van der Waals surface area (Å²) in [5.74, 6) is -12.3. The van der Waals surface area contributed by atoms with Crippen LogP contribution in [0.1, 0.15) is 19.4 Å². The van der Waals surface area contributed by atoms with Crippen molar-refractivity contribution in [3.63, 3.8) is 0 Å². The van der Waals surface area contributed by atoms with Crippen molar-refractivity contribution >= 4 is 31.8 Å². The first kappa shape index (κ1) is 29.4. The second-order valence-electron chi connectivity index (χ2n) is 6.61. The third-order valence-electron chi connectivity index (χ3n) is 4.54. The molecule has 33 heavy (non-hydrogen) atoms. The predicted molar refractivity (Wildman–Crippen MR) is 106 cm³/mol. The Balaban J connectivity index is 0.000000330. The van der Waals surface area contributed by atoms with Crippen molar-refractivity contribution < 1.29 is 52.5 Å². The highest BCUT2D eigenvalue weighted by Crippen LogP contribution is 2.54. The molecule has 0 aliphatic rings. The van der Waals surface area contributed by atoms with Crippen LogP contribution in [0.15, 0.2) is 41.3 Å². The standard InChI is InChI=1S/C15H19S.C4HF9O3S/c1-4-16(5-2)15-11-10-12(3)13-8-6-7-9-14(13)15;5-1(6,3(9,10)11)2(7,8)4(12,13)17(14,15)16/h6-11H,4-5H2,1-3H3;(H,14,15,16)/q+1;/p-1. The molecule has 0 saturated carbocycles. The molecule has 0 amide bonds. The highest BCUT2D eigenvalue weighted by molar-refractivity contribution is 7.97. The zero-order valence-corrected chi connectivity index (χ0v) is 19.0. The lowest BCUT2D eigenvalue weighted by Gasteiger charge is -2.34. The van der Waals surface area contributed by atoms with Crippen LogP contribution in [0.5, 0.6) is 0 Å². The molecule has 0 aromatic heterocycles. The van der Waals surface area contributed by atoms with Crippen LogP contribution in [-0.2, 0) is 21.0 Å². The molecule has 3 nitrogen and oxygen atoms in total. The molecule has 188 valence electrons. The van der Waals surface area contributed by atoms with Crippen LogP contribution in [-0.4, -0.2) is 47.8 Å². The summed E-state index contributed by atoms with van der Waals surface area (Å²) >= 11 is 0. The Morgan fingerprint density at radius 2 is 1.24 bits per heavy atom. The summed E-state index contributed by atoms with van der Waals surface area (Å²) in [5, 5.41) is -4.24. The van der Waals surface area contributed by atoms with E-state index in [0.717, 1.165) is 0 Å². The van der Waals surface area contributed by atoms with Gasteiger partial charge in [0.05, 0.1) is 0 Å². The van der Waals surface area contributed by atoms with E-state index >= 15 is 0 Å². The largest absolute Gasteiger partial charge is 0.743 e. The number of fused-ring (bicyclic) bond motifs is 1. The van der Waals surface area contributed by atoms with Crippen molar-refractivity contribution in [2.75, 3.05) is 11.5 Å². The fraction of sp³-hybridized carbons (Fsp3) is 0.474. The van der Waals surface area contributed by atoms with Crippen molar-refractivity contribution in [1.82, 2.24) is 0 Å². The van der Waals surface area contributed by atoms with Gasteiger partial charge in [-0.25, -0.2) is 8.42 Å². The Morgan fingerprint density at radius 3 is 1.64 bits per heavy atom. The molecule has 0 heterocycles. The molecule has 0 N–H and O–H groups in total.